The minimum Gasteiger partial charge on any atom is -0.411 e. The van der Waals surface area contributed by atoms with Gasteiger partial charge in [0.25, 0.3) is 5.22 Å². The highest BCUT2D eigenvalue weighted by Crippen LogP contribution is 2.28. The van der Waals surface area contributed by atoms with Crippen LogP contribution in [0.3, 0.4) is 0 Å². The normalized spacial score (nSPS) is 12.0. The molecule has 0 radical (unpaired) electrons. The van der Waals surface area contributed by atoms with E-state index < -0.39 is 5.25 Å². The molecule has 3 aromatic rings. The smallest absolute Gasteiger partial charge is 0.277 e. The number of hydrogen-bond acceptors (Lipinski definition) is 5. The topological polar surface area (TPSA) is 68.0 Å². The summed E-state index contributed by atoms with van der Waals surface area (Å²) in [7, 11) is 0. The minimum atomic E-state index is -0.482. The number of aryl methyl sites for hydroxylation is 2. The first-order valence-electron chi connectivity index (χ1n) is 8.07. The Morgan fingerprint density at radius 2 is 1.92 bits per heavy atom. The molecule has 1 amide bonds. The van der Waals surface area contributed by atoms with Gasteiger partial charge in [0.15, 0.2) is 0 Å². The van der Waals surface area contributed by atoms with Crippen LogP contribution in [0.4, 0.5) is 10.1 Å². The molecule has 2 aromatic carbocycles. The molecule has 0 fully saturated rings. The van der Waals surface area contributed by atoms with Crippen LogP contribution in [0.15, 0.2) is 52.1 Å². The number of anilines is 1. The van der Waals surface area contributed by atoms with Crippen LogP contribution in [0.5, 0.6) is 0 Å². The zero-order valence-corrected chi connectivity index (χ0v) is 15.4. The van der Waals surface area contributed by atoms with Gasteiger partial charge in [-0.1, -0.05) is 36.0 Å². The Morgan fingerprint density at radius 1 is 1.15 bits per heavy atom. The van der Waals surface area contributed by atoms with Crippen LogP contribution in [-0.4, -0.2) is 21.4 Å². The molecule has 1 atom stereocenters. The predicted octanol–water partition coefficient (Wildman–Crippen LogP) is 4.61. The van der Waals surface area contributed by atoms with Crippen molar-refractivity contribution in [2.75, 3.05) is 5.32 Å². The Hall–Kier alpha value is -2.67. The number of benzene rings is 2. The number of nitrogens with one attached hydrogen (secondary N) is 1. The molecule has 5 nitrogen and oxygen atoms in total. The number of carbonyl (C=O) groups is 1. The van der Waals surface area contributed by atoms with E-state index in [4.69, 9.17) is 4.42 Å². The first kappa shape index (κ1) is 18.1. The zero-order valence-electron chi connectivity index (χ0n) is 14.6. The Morgan fingerprint density at radius 3 is 2.65 bits per heavy atom. The third kappa shape index (κ3) is 4.11. The van der Waals surface area contributed by atoms with Crippen molar-refractivity contribution in [1.82, 2.24) is 10.2 Å². The lowest BCUT2D eigenvalue weighted by Gasteiger charge is -2.10. The number of aromatic nitrogens is 2. The lowest BCUT2D eigenvalue weighted by molar-refractivity contribution is -0.115. The average Bonchev–Trinajstić information content (AvgIpc) is 3.06. The molecule has 0 saturated carbocycles. The van der Waals surface area contributed by atoms with Gasteiger partial charge in [-0.15, -0.1) is 10.2 Å². The van der Waals surface area contributed by atoms with Gasteiger partial charge in [-0.05, 0) is 50.1 Å². The molecule has 0 aliphatic carbocycles. The number of halogens is 1. The number of hydrogen-bond donors (Lipinski definition) is 1. The second-order valence-electron chi connectivity index (χ2n) is 5.90. The number of nitrogens with zero attached hydrogens (tertiary/aromatic N) is 2. The summed E-state index contributed by atoms with van der Waals surface area (Å²) in [6.45, 7) is 5.35. The predicted molar refractivity (Wildman–Crippen MR) is 99.6 cm³/mol. The van der Waals surface area contributed by atoms with Gasteiger partial charge >= 0.3 is 0 Å². The number of carbonyl (C=O) groups excluding carboxylic acids is 1. The van der Waals surface area contributed by atoms with Crippen LogP contribution in [0.2, 0.25) is 0 Å². The van der Waals surface area contributed by atoms with Gasteiger partial charge in [0.2, 0.25) is 11.8 Å². The third-order valence-electron chi connectivity index (χ3n) is 3.87. The molecule has 0 unspecified atom stereocenters. The standard InChI is InChI=1S/C19H18FN3O2S/c1-11-6-4-5-7-15(11)18-22-23-19(25-18)26-13(3)17(24)21-14-9-8-12(2)16(20)10-14/h4-10,13H,1-3H3,(H,21,24)/t13-/m0/s1. The quantitative estimate of drug-likeness (QED) is 0.663. The zero-order chi connectivity index (χ0) is 18.7. The molecule has 0 spiro atoms. The SMILES string of the molecule is Cc1ccc(NC(=O)[C@H](C)Sc2nnc(-c3ccccc3C)o2)cc1F. The van der Waals surface area contributed by atoms with E-state index in [1.807, 2.05) is 31.2 Å². The van der Waals surface area contributed by atoms with Crippen LogP contribution < -0.4 is 5.32 Å². The molecule has 0 bridgehead atoms. The van der Waals surface area contributed by atoms with E-state index in [2.05, 4.69) is 15.5 Å². The summed E-state index contributed by atoms with van der Waals surface area (Å²) in [6.07, 6.45) is 0. The van der Waals surface area contributed by atoms with E-state index in [1.54, 1.807) is 26.0 Å². The van der Waals surface area contributed by atoms with Gasteiger partial charge in [0, 0.05) is 11.3 Å². The molecule has 0 aliphatic heterocycles. The van der Waals surface area contributed by atoms with E-state index in [1.165, 1.54) is 6.07 Å². The number of thioether (sulfide) groups is 1. The first-order chi connectivity index (χ1) is 12.4. The monoisotopic (exact) mass is 371 g/mol. The van der Waals surface area contributed by atoms with Crippen molar-refractivity contribution < 1.29 is 13.6 Å². The third-order valence-corrected chi connectivity index (χ3v) is 4.80. The molecule has 26 heavy (non-hydrogen) atoms. The van der Waals surface area contributed by atoms with Crippen LogP contribution in [0.25, 0.3) is 11.5 Å². The summed E-state index contributed by atoms with van der Waals surface area (Å²) >= 11 is 1.15. The number of rotatable bonds is 5. The molecule has 0 saturated heterocycles. The molecule has 1 N–H and O–H groups in total. The second kappa shape index (κ2) is 7.70. The van der Waals surface area contributed by atoms with E-state index in [0.717, 1.165) is 22.9 Å². The van der Waals surface area contributed by atoms with Crippen molar-refractivity contribution in [2.45, 2.75) is 31.2 Å². The van der Waals surface area contributed by atoms with Crippen molar-refractivity contribution in [3.63, 3.8) is 0 Å². The maximum atomic E-state index is 13.6. The largest absolute Gasteiger partial charge is 0.411 e. The van der Waals surface area contributed by atoms with Crippen molar-refractivity contribution >= 4 is 23.4 Å². The lowest BCUT2D eigenvalue weighted by atomic mass is 10.1. The molecule has 7 heteroatoms. The van der Waals surface area contributed by atoms with Crippen molar-refractivity contribution in [2.24, 2.45) is 0 Å². The van der Waals surface area contributed by atoms with E-state index in [0.29, 0.717) is 22.4 Å². The van der Waals surface area contributed by atoms with Gasteiger partial charge < -0.3 is 9.73 Å². The van der Waals surface area contributed by atoms with Crippen molar-refractivity contribution in [3.8, 4) is 11.5 Å². The van der Waals surface area contributed by atoms with E-state index >= 15 is 0 Å². The first-order valence-corrected chi connectivity index (χ1v) is 8.95. The molecule has 0 aliphatic rings. The average molecular weight is 371 g/mol. The van der Waals surface area contributed by atoms with Gasteiger partial charge in [-0.25, -0.2) is 4.39 Å². The molecule has 1 heterocycles. The van der Waals surface area contributed by atoms with Crippen LogP contribution in [0.1, 0.15) is 18.1 Å². The maximum absolute atomic E-state index is 13.6. The summed E-state index contributed by atoms with van der Waals surface area (Å²) in [5, 5.41) is 10.6. The summed E-state index contributed by atoms with van der Waals surface area (Å²) in [5.41, 5.74) is 2.83. The van der Waals surface area contributed by atoms with Gasteiger partial charge in [-0.2, -0.15) is 0 Å². The molecular weight excluding hydrogens is 353 g/mol. The van der Waals surface area contributed by atoms with Crippen LogP contribution in [0, 0.1) is 19.7 Å². The summed E-state index contributed by atoms with van der Waals surface area (Å²) in [5.74, 6) is -0.212. The van der Waals surface area contributed by atoms with Gasteiger partial charge in [0.1, 0.15) is 5.82 Å². The fourth-order valence-corrected chi connectivity index (χ4v) is 2.98. The van der Waals surface area contributed by atoms with Crippen LogP contribution in [-0.2, 0) is 4.79 Å². The summed E-state index contributed by atoms with van der Waals surface area (Å²) in [4.78, 5) is 12.3. The molecule has 1 aromatic heterocycles. The maximum Gasteiger partial charge on any atom is 0.277 e. The van der Waals surface area contributed by atoms with Gasteiger partial charge in [-0.3, -0.25) is 4.79 Å². The Labute approximate surface area is 155 Å². The Bertz CT molecular complexity index is 942. The molecule has 134 valence electrons. The van der Waals surface area contributed by atoms with Gasteiger partial charge in [0.05, 0.1) is 5.25 Å². The lowest BCUT2D eigenvalue weighted by Crippen LogP contribution is -2.22. The highest BCUT2D eigenvalue weighted by molar-refractivity contribution is 8.00. The summed E-state index contributed by atoms with van der Waals surface area (Å²) < 4.78 is 19.2. The Kier molecular flexibility index (Phi) is 5.37. The second-order valence-corrected chi connectivity index (χ2v) is 7.19. The van der Waals surface area contributed by atoms with Crippen molar-refractivity contribution in [1.29, 1.82) is 0 Å². The minimum absolute atomic E-state index is 0.270. The van der Waals surface area contributed by atoms with E-state index in [-0.39, 0.29) is 11.7 Å². The molecular formula is C19H18FN3O2S. The summed E-state index contributed by atoms with van der Waals surface area (Å²) in [6, 6.07) is 12.3. The van der Waals surface area contributed by atoms with Crippen molar-refractivity contribution in [3.05, 3.63) is 59.4 Å². The molecule has 3 rings (SSSR count). The highest BCUT2D eigenvalue weighted by Gasteiger charge is 2.19. The fourth-order valence-electron chi connectivity index (χ4n) is 2.30. The Balaban J connectivity index is 1.66. The highest BCUT2D eigenvalue weighted by atomic mass is 32.2. The fraction of sp³-hybridized carbons (Fsp3) is 0.211. The van der Waals surface area contributed by atoms with E-state index in [9.17, 15) is 9.18 Å². The number of amides is 1. The van der Waals surface area contributed by atoms with Crippen LogP contribution >= 0.6 is 11.8 Å².